The van der Waals surface area contributed by atoms with Gasteiger partial charge in [0.25, 0.3) is 0 Å². The van der Waals surface area contributed by atoms with Crippen molar-refractivity contribution in [3.8, 4) is 0 Å². The number of nitrogens with zero attached hydrogens (tertiary/aromatic N) is 5. The highest BCUT2D eigenvalue weighted by molar-refractivity contribution is 5.88. The number of aliphatic hydroxyl groups is 1. The number of allylic oxidation sites excluding steroid dienone is 1. The number of hydrogen-bond donors (Lipinski definition) is 2. The normalized spacial score (nSPS) is 21.8. The van der Waals surface area contributed by atoms with Gasteiger partial charge in [-0.25, -0.2) is 4.98 Å². The number of imidazole rings is 1. The van der Waals surface area contributed by atoms with Crippen LogP contribution in [-0.2, 0) is 0 Å². The highest BCUT2D eigenvalue weighted by Gasteiger charge is 2.34. The summed E-state index contributed by atoms with van der Waals surface area (Å²) in [6, 6.07) is 10.8. The molecule has 2 heterocycles. The van der Waals surface area contributed by atoms with Crippen LogP contribution in [0.5, 0.6) is 0 Å². The van der Waals surface area contributed by atoms with E-state index in [-0.39, 0.29) is 24.5 Å². The second-order valence-corrected chi connectivity index (χ2v) is 7.30. The molecule has 7 heteroatoms. The van der Waals surface area contributed by atoms with Crippen LogP contribution in [0.1, 0.15) is 25.3 Å². The molecule has 138 valence electrons. The number of hydrogen-bond acceptors (Lipinski definition) is 6. The fourth-order valence-corrected chi connectivity index (χ4v) is 3.85. The molecular weight excluding hydrogens is 340 g/mol. The monoisotopic (exact) mass is 362 g/mol. The third-order valence-corrected chi connectivity index (χ3v) is 5.34. The minimum Gasteiger partial charge on any atom is -0.396 e. The van der Waals surface area contributed by atoms with E-state index in [2.05, 4.69) is 44.1 Å². The SMILES string of the molecule is Nc1nc(N(c2ccccc2)C2CC2)c2ncn([C@H]3C=C[C@@H](CO)C3)c2n1. The molecule has 0 aliphatic heterocycles. The Kier molecular flexibility index (Phi) is 3.82. The molecule has 1 aromatic carbocycles. The van der Waals surface area contributed by atoms with E-state index in [1.54, 1.807) is 0 Å². The van der Waals surface area contributed by atoms with Gasteiger partial charge < -0.3 is 20.3 Å². The first kappa shape index (κ1) is 16.3. The average molecular weight is 362 g/mol. The quantitative estimate of drug-likeness (QED) is 0.678. The molecule has 2 aliphatic rings. The van der Waals surface area contributed by atoms with Crippen molar-refractivity contribution in [2.75, 3.05) is 17.2 Å². The number of aromatic nitrogens is 4. The predicted molar refractivity (Wildman–Crippen MR) is 105 cm³/mol. The number of aliphatic hydroxyl groups excluding tert-OH is 1. The van der Waals surface area contributed by atoms with E-state index in [1.165, 1.54) is 0 Å². The molecule has 0 radical (unpaired) electrons. The summed E-state index contributed by atoms with van der Waals surface area (Å²) < 4.78 is 2.04. The van der Waals surface area contributed by atoms with Gasteiger partial charge in [0.05, 0.1) is 12.4 Å². The van der Waals surface area contributed by atoms with Crippen LogP contribution in [0.2, 0.25) is 0 Å². The van der Waals surface area contributed by atoms with Crippen molar-refractivity contribution < 1.29 is 5.11 Å². The lowest BCUT2D eigenvalue weighted by Crippen LogP contribution is -2.22. The van der Waals surface area contributed by atoms with Gasteiger partial charge in [-0.15, -0.1) is 0 Å². The highest BCUT2D eigenvalue weighted by atomic mass is 16.3. The Morgan fingerprint density at radius 3 is 2.67 bits per heavy atom. The summed E-state index contributed by atoms with van der Waals surface area (Å²) in [6.07, 6.45) is 9.08. The Morgan fingerprint density at radius 2 is 1.96 bits per heavy atom. The molecule has 3 N–H and O–H groups in total. The van der Waals surface area contributed by atoms with Crippen LogP contribution in [-0.4, -0.2) is 37.3 Å². The molecule has 27 heavy (non-hydrogen) atoms. The van der Waals surface area contributed by atoms with Crippen molar-refractivity contribution in [1.29, 1.82) is 0 Å². The fourth-order valence-electron chi connectivity index (χ4n) is 3.85. The van der Waals surface area contributed by atoms with Crippen molar-refractivity contribution in [3.63, 3.8) is 0 Å². The molecule has 2 aliphatic carbocycles. The average Bonchev–Trinajstić information content (AvgIpc) is 3.24. The van der Waals surface area contributed by atoms with Crippen molar-refractivity contribution in [2.45, 2.75) is 31.3 Å². The minimum atomic E-state index is 0.125. The first-order valence-corrected chi connectivity index (χ1v) is 9.38. The molecule has 0 saturated heterocycles. The number of nitrogens with two attached hydrogens (primary N) is 1. The van der Waals surface area contributed by atoms with E-state index >= 15 is 0 Å². The van der Waals surface area contributed by atoms with Crippen molar-refractivity contribution >= 4 is 28.6 Å². The smallest absolute Gasteiger partial charge is 0.224 e. The molecule has 1 saturated carbocycles. The van der Waals surface area contributed by atoms with Gasteiger partial charge in [-0.1, -0.05) is 30.4 Å². The summed E-state index contributed by atoms with van der Waals surface area (Å²) in [5, 5.41) is 9.42. The van der Waals surface area contributed by atoms with Gasteiger partial charge in [0.1, 0.15) is 0 Å². The summed E-state index contributed by atoms with van der Waals surface area (Å²) in [5.74, 6) is 1.20. The van der Waals surface area contributed by atoms with Crippen LogP contribution in [0.15, 0.2) is 48.8 Å². The zero-order valence-corrected chi connectivity index (χ0v) is 14.9. The lowest BCUT2D eigenvalue weighted by molar-refractivity contribution is 0.244. The molecule has 0 bridgehead atoms. The topological polar surface area (TPSA) is 93.1 Å². The summed E-state index contributed by atoms with van der Waals surface area (Å²) >= 11 is 0. The Labute approximate surface area is 157 Å². The van der Waals surface area contributed by atoms with Gasteiger partial charge >= 0.3 is 0 Å². The molecular formula is C20H22N6O. The maximum atomic E-state index is 9.42. The number of benzene rings is 1. The summed E-state index contributed by atoms with van der Waals surface area (Å²) in [5.41, 5.74) is 8.69. The van der Waals surface area contributed by atoms with Gasteiger partial charge in [0.2, 0.25) is 5.95 Å². The largest absolute Gasteiger partial charge is 0.396 e. The standard InChI is InChI=1S/C20H22N6O/c21-20-23-18-17(22-12-25(18)16-7-6-13(10-16)11-27)19(24-20)26(15-8-9-15)14-4-2-1-3-5-14/h1-7,12-13,15-16,27H,8-11H2,(H2,21,23,24)/t13-,16+/m1/s1. The molecule has 0 spiro atoms. The fraction of sp³-hybridized carbons (Fsp3) is 0.350. The molecule has 3 aromatic rings. The number of nitrogen functional groups attached to an aromatic ring is 1. The van der Waals surface area contributed by atoms with Gasteiger partial charge in [0.15, 0.2) is 17.0 Å². The van der Waals surface area contributed by atoms with Gasteiger partial charge in [-0.2, -0.15) is 9.97 Å². The first-order chi connectivity index (χ1) is 13.2. The molecule has 0 unspecified atom stereocenters. The van der Waals surface area contributed by atoms with Crippen LogP contribution in [0, 0.1) is 5.92 Å². The van der Waals surface area contributed by atoms with Crippen LogP contribution < -0.4 is 10.6 Å². The molecule has 5 rings (SSSR count). The minimum absolute atomic E-state index is 0.125. The predicted octanol–water partition coefficient (Wildman–Crippen LogP) is 2.82. The third-order valence-electron chi connectivity index (χ3n) is 5.34. The Morgan fingerprint density at radius 1 is 1.15 bits per heavy atom. The molecule has 2 aromatic heterocycles. The molecule has 1 fully saturated rings. The van der Waals surface area contributed by atoms with Gasteiger partial charge in [-0.3, -0.25) is 0 Å². The van der Waals surface area contributed by atoms with Crippen LogP contribution >= 0.6 is 0 Å². The number of fused-ring (bicyclic) bond motifs is 1. The maximum Gasteiger partial charge on any atom is 0.224 e. The van der Waals surface area contributed by atoms with Crippen molar-refractivity contribution in [1.82, 2.24) is 19.5 Å². The lowest BCUT2D eigenvalue weighted by Gasteiger charge is -2.24. The third kappa shape index (κ3) is 2.84. The lowest BCUT2D eigenvalue weighted by atomic mass is 10.1. The maximum absolute atomic E-state index is 9.42. The molecule has 7 nitrogen and oxygen atoms in total. The van der Waals surface area contributed by atoms with E-state index in [0.717, 1.165) is 41.9 Å². The number of para-hydroxylation sites is 1. The Bertz CT molecular complexity index is 994. The van der Waals surface area contributed by atoms with Crippen LogP contribution in [0.3, 0.4) is 0 Å². The molecule has 0 amide bonds. The number of anilines is 3. The van der Waals surface area contributed by atoms with Gasteiger partial charge in [-0.05, 0) is 31.4 Å². The highest BCUT2D eigenvalue weighted by Crippen LogP contribution is 2.40. The van der Waals surface area contributed by atoms with E-state index in [4.69, 9.17) is 5.73 Å². The van der Waals surface area contributed by atoms with E-state index in [0.29, 0.717) is 6.04 Å². The zero-order chi connectivity index (χ0) is 18.4. The number of rotatable bonds is 5. The summed E-state index contributed by atoms with van der Waals surface area (Å²) in [4.78, 5) is 16.0. The Balaban J connectivity index is 1.62. The van der Waals surface area contributed by atoms with E-state index in [1.807, 2.05) is 29.1 Å². The van der Waals surface area contributed by atoms with Crippen LogP contribution in [0.4, 0.5) is 17.5 Å². The second kappa shape index (κ2) is 6.35. The second-order valence-electron chi connectivity index (χ2n) is 7.30. The Hall–Kier alpha value is -2.93. The molecule has 2 atom stereocenters. The van der Waals surface area contributed by atoms with Crippen LogP contribution in [0.25, 0.3) is 11.2 Å². The first-order valence-electron chi connectivity index (χ1n) is 9.38. The van der Waals surface area contributed by atoms with E-state index in [9.17, 15) is 5.11 Å². The summed E-state index contributed by atoms with van der Waals surface area (Å²) in [7, 11) is 0. The van der Waals surface area contributed by atoms with Crippen molar-refractivity contribution in [2.24, 2.45) is 5.92 Å². The van der Waals surface area contributed by atoms with Crippen molar-refractivity contribution in [3.05, 3.63) is 48.8 Å². The van der Waals surface area contributed by atoms with Gasteiger partial charge in [0, 0.05) is 24.3 Å². The summed E-state index contributed by atoms with van der Waals surface area (Å²) in [6.45, 7) is 0.158. The zero-order valence-electron chi connectivity index (χ0n) is 14.9. The van der Waals surface area contributed by atoms with E-state index < -0.39 is 0 Å².